The number of carbonyl (C=O) groups excluding carboxylic acids is 1. The maximum atomic E-state index is 14.2. The minimum atomic E-state index is -1.55. The van der Waals surface area contributed by atoms with Gasteiger partial charge in [0.2, 0.25) is 0 Å². The number of nitrogens with zero attached hydrogens (tertiary/aromatic N) is 3. The molecule has 4 aliphatic rings. The van der Waals surface area contributed by atoms with Crippen LogP contribution in [0.2, 0.25) is 0 Å². The van der Waals surface area contributed by atoms with Gasteiger partial charge in [0, 0.05) is 16.5 Å². The summed E-state index contributed by atoms with van der Waals surface area (Å²) in [7, 11) is 0. The molecule has 4 aliphatic carbocycles. The lowest BCUT2D eigenvalue weighted by Gasteiger charge is -2.60. The Bertz CT molecular complexity index is 2130. The first kappa shape index (κ1) is 33.5. The van der Waals surface area contributed by atoms with Gasteiger partial charge in [0.05, 0.1) is 29.4 Å². The highest BCUT2D eigenvalue weighted by molar-refractivity contribution is 7.99. The molecule has 7 nitrogen and oxygen atoms in total. The van der Waals surface area contributed by atoms with E-state index in [2.05, 4.69) is 13.0 Å². The van der Waals surface area contributed by atoms with Crippen molar-refractivity contribution in [1.29, 1.82) is 0 Å². The summed E-state index contributed by atoms with van der Waals surface area (Å²) in [5, 5.41) is 29.6. The Kier molecular flexibility index (Phi) is 7.99. The number of aliphatic hydroxyl groups excluding tert-OH is 1. The van der Waals surface area contributed by atoms with Gasteiger partial charge in [0.1, 0.15) is 17.1 Å². The average Bonchev–Trinajstić information content (AvgIpc) is 3.84. The number of benzene rings is 3. The van der Waals surface area contributed by atoms with Gasteiger partial charge in [-0.3, -0.25) is 4.79 Å². The number of fused-ring (bicyclic) bond motifs is 6. The number of Topliss-reactive ketones (excluding diaryl/α,β-unsaturated/α-hetero) is 1. The minimum Gasteiger partial charge on any atom is -0.431 e. The predicted molar refractivity (Wildman–Crippen MR) is 199 cm³/mol. The molecule has 266 valence electrons. The molecule has 0 radical (unpaired) electrons. The van der Waals surface area contributed by atoms with E-state index in [-0.39, 0.29) is 40.5 Å². The van der Waals surface area contributed by atoms with Crippen molar-refractivity contribution in [3.05, 3.63) is 114 Å². The molecule has 0 amide bonds. The maximum Gasteiger partial charge on any atom is 0.257 e. The van der Waals surface area contributed by atoms with Crippen LogP contribution < -0.4 is 0 Å². The lowest BCUT2D eigenvalue weighted by Crippen LogP contribution is -2.62. The normalized spacial score (nSPS) is 30.5. The Morgan fingerprint density at radius 1 is 1.00 bits per heavy atom. The molecule has 0 bridgehead atoms. The van der Waals surface area contributed by atoms with Crippen LogP contribution in [0.15, 0.2) is 106 Å². The number of oxazole rings is 1. The quantitative estimate of drug-likeness (QED) is 0.163. The predicted octanol–water partition coefficient (Wildman–Crippen LogP) is 8.58. The van der Waals surface area contributed by atoms with Crippen LogP contribution in [-0.4, -0.2) is 48.2 Å². The van der Waals surface area contributed by atoms with Gasteiger partial charge in [-0.15, -0.1) is 0 Å². The molecule has 0 aliphatic heterocycles. The molecule has 2 heterocycles. The summed E-state index contributed by atoms with van der Waals surface area (Å²) >= 11 is 1.22. The molecule has 3 saturated carbocycles. The van der Waals surface area contributed by atoms with E-state index in [1.807, 2.05) is 78.5 Å². The van der Waals surface area contributed by atoms with E-state index in [1.54, 1.807) is 12.1 Å². The van der Waals surface area contributed by atoms with Crippen molar-refractivity contribution in [3.8, 4) is 28.3 Å². The van der Waals surface area contributed by atoms with Crippen molar-refractivity contribution in [3.63, 3.8) is 0 Å². The summed E-state index contributed by atoms with van der Waals surface area (Å²) in [5.41, 5.74) is 4.22. The number of hydrogen-bond donors (Lipinski definition) is 2. The zero-order valence-electron chi connectivity index (χ0n) is 29.3. The van der Waals surface area contributed by atoms with Crippen LogP contribution in [0.1, 0.15) is 57.2 Å². The van der Waals surface area contributed by atoms with Crippen molar-refractivity contribution in [2.24, 2.45) is 28.6 Å². The minimum absolute atomic E-state index is 0.000132. The van der Waals surface area contributed by atoms with Gasteiger partial charge in [0.15, 0.2) is 11.5 Å². The number of rotatable bonds is 7. The second-order valence-corrected chi connectivity index (χ2v) is 16.7. The molecule has 7 atom stereocenters. The molecule has 0 saturated heterocycles. The highest BCUT2D eigenvalue weighted by atomic mass is 32.2. The number of carbonyl (C=O) groups is 1. The molecule has 2 aromatic heterocycles. The largest absolute Gasteiger partial charge is 0.431 e. The maximum absolute atomic E-state index is 14.2. The van der Waals surface area contributed by atoms with Gasteiger partial charge < -0.3 is 14.6 Å². The molecule has 5 unspecified atom stereocenters. The number of aliphatic hydroxyl groups is 2. The standard InChI is InChI=1S/C43H42FN3O4S/c1-41-22-28-24-45-47(31-16-14-30(44)15-17-31)34(28)21-29(41)13-18-32-33-19-20-43(50,42(33,2)23-35(48)37(32)41)36(49)25-52-40-46-38(26-9-5-3-6-10-26)39(51-40)27-11-7-4-8-12-27/h3-12,14-17,21,24,32-33,35,37,48,50H,13,18-20,22-23,25H2,1-2H3/t32?,33?,35-,37?,41?,42?,43-/m0/s1. The molecule has 0 spiro atoms. The van der Waals surface area contributed by atoms with Crippen LogP contribution in [0, 0.1) is 34.4 Å². The molecule has 52 heavy (non-hydrogen) atoms. The third kappa shape index (κ3) is 5.11. The zero-order chi connectivity index (χ0) is 35.8. The van der Waals surface area contributed by atoms with Gasteiger partial charge in [-0.1, -0.05) is 91.8 Å². The van der Waals surface area contributed by atoms with E-state index in [0.29, 0.717) is 29.5 Å². The van der Waals surface area contributed by atoms with E-state index < -0.39 is 17.1 Å². The summed E-state index contributed by atoms with van der Waals surface area (Å²) in [5.74, 6) is 0.442. The molecular formula is C43H42FN3O4S. The van der Waals surface area contributed by atoms with Crippen LogP contribution in [0.5, 0.6) is 0 Å². The summed E-state index contributed by atoms with van der Waals surface area (Å²) in [6, 6.07) is 26.1. The first-order chi connectivity index (χ1) is 25.1. The zero-order valence-corrected chi connectivity index (χ0v) is 30.2. The van der Waals surface area contributed by atoms with Crippen LogP contribution in [0.25, 0.3) is 34.3 Å². The molecule has 9 rings (SSSR count). The Morgan fingerprint density at radius 3 is 2.44 bits per heavy atom. The van der Waals surface area contributed by atoms with Gasteiger partial charge in [-0.2, -0.15) is 5.10 Å². The SMILES string of the molecule is CC12Cc3cnn(-c4ccc(F)cc4)c3C=C1CCC1C2[C@@H](O)CC2(C)C1CC[C@]2(O)C(=O)CSc1nc(-c2ccccc2)c(-c2ccccc2)o1. The van der Waals surface area contributed by atoms with Crippen molar-refractivity contribution in [2.45, 2.75) is 69.3 Å². The molecule has 3 fully saturated rings. The van der Waals surface area contributed by atoms with E-state index in [1.165, 1.54) is 29.5 Å². The molecular weight excluding hydrogens is 674 g/mol. The average molecular weight is 716 g/mol. The second-order valence-electron chi connectivity index (χ2n) is 15.7. The van der Waals surface area contributed by atoms with Crippen molar-refractivity contribution >= 4 is 23.6 Å². The van der Waals surface area contributed by atoms with E-state index >= 15 is 0 Å². The highest BCUT2D eigenvalue weighted by Crippen LogP contribution is 2.67. The molecule has 3 aromatic carbocycles. The van der Waals surface area contributed by atoms with Crippen molar-refractivity contribution < 1.29 is 23.8 Å². The first-order valence-corrected chi connectivity index (χ1v) is 19.3. The van der Waals surface area contributed by atoms with Gasteiger partial charge in [-0.05, 0) is 97.6 Å². The fourth-order valence-corrected chi connectivity index (χ4v) is 11.4. The Labute approximate surface area is 307 Å². The lowest BCUT2D eigenvalue weighted by atomic mass is 9.45. The Hall–Kier alpha value is -4.31. The van der Waals surface area contributed by atoms with Gasteiger partial charge >= 0.3 is 0 Å². The number of hydrogen-bond acceptors (Lipinski definition) is 7. The molecule has 2 N–H and O–H groups in total. The fourth-order valence-electron chi connectivity index (χ4n) is 10.6. The monoisotopic (exact) mass is 715 g/mol. The van der Waals surface area contributed by atoms with Gasteiger partial charge in [0.25, 0.3) is 5.22 Å². The van der Waals surface area contributed by atoms with Crippen LogP contribution in [-0.2, 0) is 11.2 Å². The third-order valence-corrected chi connectivity index (χ3v) is 14.0. The van der Waals surface area contributed by atoms with Crippen molar-refractivity contribution in [2.75, 3.05) is 5.75 Å². The number of thioether (sulfide) groups is 1. The van der Waals surface area contributed by atoms with E-state index in [4.69, 9.17) is 14.5 Å². The number of allylic oxidation sites excluding steroid dienone is 1. The number of halogens is 1. The Balaban J connectivity index is 0.956. The van der Waals surface area contributed by atoms with Crippen LogP contribution >= 0.6 is 11.8 Å². The molecule has 9 heteroatoms. The van der Waals surface area contributed by atoms with Crippen molar-refractivity contribution in [1.82, 2.24) is 14.8 Å². The summed E-state index contributed by atoms with van der Waals surface area (Å²) < 4.78 is 21.8. The second kappa shape index (κ2) is 12.4. The van der Waals surface area contributed by atoms with Crippen LogP contribution in [0.3, 0.4) is 0 Å². The number of aromatic nitrogens is 3. The van der Waals surface area contributed by atoms with Crippen LogP contribution in [0.4, 0.5) is 4.39 Å². The lowest BCUT2D eigenvalue weighted by molar-refractivity contribution is -0.177. The smallest absolute Gasteiger partial charge is 0.257 e. The topological polar surface area (TPSA) is 101 Å². The van der Waals surface area contributed by atoms with E-state index in [9.17, 15) is 19.4 Å². The highest BCUT2D eigenvalue weighted by Gasteiger charge is 2.68. The molecule has 5 aromatic rings. The number of ketones is 1. The fraction of sp³-hybridized carbons (Fsp3) is 0.372. The van der Waals surface area contributed by atoms with E-state index in [0.717, 1.165) is 53.8 Å². The summed E-state index contributed by atoms with van der Waals surface area (Å²) in [4.78, 5) is 19.0. The third-order valence-electron chi connectivity index (χ3n) is 13.1. The van der Waals surface area contributed by atoms with Gasteiger partial charge in [-0.25, -0.2) is 14.1 Å². The summed E-state index contributed by atoms with van der Waals surface area (Å²) in [6.07, 6.45) is 7.50. The Morgan fingerprint density at radius 2 is 1.71 bits per heavy atom. The first-order valence-electron chi connectivity index (χ1n) is 18.3. The summed E-state index contributed by atoms with van der Waals surface area (Å²) in [6.45, 7) is 4.32.